The first-order valence-electron chi connectivity index (χ1n) is 10.00. The summed E-state index contributed by atoms with van der Waals surface area (Å²) in [5.74, 6) is 0.896. The van der Waals surface area contributed by atoms with Crippen LogP contribution >= 0.6 is 0 Å². The van der Waals surface area contributed by atoms with Crippen LogP contribution in [0.2, 0.25) is 0 Å². The second kappa shape index (κ2) is 9.49. The average Bonchev–Trinajstić information content (AvgIpc) is 3.10. The van der Waals surface area contributed by atoms with E-state index in [0.717, 1.165) is 13.0 Å². The molecule has 0 radical (unpaired) electrons. The van der Waals surface area contributed by atoms with E-state index in [9.17, 15) is 13.5 Å². The highest BCUT2D eigenvalue weighted by Crippen LogP contribution is 2.27. The molecule has 0 aromatic heterocycles. The van der Waals surface area contributed by atoms with E-state index in [1.54, 1.807) is 24.3 Å². The first-order valence-corrected chi connectivity index (χ1v) is 11.9. The number of aliphatic hydroxyl groups excluding tert-OH is 1. The van der Waals surface area contributed by atoms with E-state index >= 15 is 0 Å². The maximum Gasteiger partial charge on any atom is 0.175 e. The first-order chi connectivity index (χ1) is 14.7. The van der Waals surface area contributed by atoms with Gasteiger partial charge in [0.1, 0.15) is 5.75 Å². The summed E-state index contributed by atoms with van der Waals surface area (Å²) in [6.45, 7) is 3.75. The number of ether oxygens (including phenoxy) is 1. The first kappa shape index (κ1) is 22.8. The van der Waals surface area contributed by atoms with E-state index in [1.165, 1.54) is 24.5 Å². The van der Waals surface area contributed by atoms with Gasteiger partial charge in [-0.2, -0.15) is 10.5 Å². The third kappa shape index (κ3) is 5.83. The van der Waals surface area contributed by atoms with Crippen molar-refractivity contribution in [2.45, 2.75) is 30.4 Å². The molecule has 0 amide bonds. The summed E-state index contributed by atoms with van der Waals surface area (Å²) in [5, 5.41) is 29.0. The van der Waals surface area contributed by atoms with Crippen LogP contribution in [0.25, 0.3) is 0 Å². The third-order valence-corrected chi connectivity index (χ3v) is 6.66. The Kier molecular flexibility index (Phi) is 6.97. The normalized spacial score (nSPS) is 20.0. The van der Waals surface area contributed by atoms with Crippen molar-refractivity contribution in [1.82, 2.24) is 4.90 Å². The Balaban J connectivity index is 1.57. The maximum atomic E-state index is 11.5. The van der Waals surface area contributed by atoms with Gasteiger partial charge in [-0.25, -0.2) is 8.42 Å². The molecule has 1 aliphatic rings. The Morgan fingerprint density at radius 1 is 1.16 bits per heavy atom. The van der Waals surface area contributed by atoms with Gasteiger partial charge < -0.3 is 9.84 Å². The number of sulfone groups is 1. The Morgan fingerprint density at radius 3 is 2.32 bits per heavy atom. The maximum absolute atomic E-state index is 11.5. The zero-order chi connectivity index (χ0) is 22.6. The standard InChI is InChI=1S/C23H25N3O4S/c1-16-7-19(15-30-21-3-5-22(6-4-21)31(2,28)29)13-26(16)14-23(27)20-9-17(11-24)8-18(10-20)12-25/h3-6,8-10,16,19,23,27H,7,13-15H2,1-2H3/t16-,19+,23+/m1/s1. The molecule has 8 heteroatoms. The van der Waals surface area contributed by atoms with E-state index in [2.05, 4.69) is 11.8 Å². The molecular weight excluding hydrogens is 414 g/mol. The van der Waals surface area contributed by atoms with Crippen molar-refractivity contribution in [2.24, 2.45) is 5.92 Å². The predicted octanol–water partition coefficient (Wildman–Crippen LogP) is 2.66. The van der Waals surface area contributed by atoms with E-state index in [1.807, 2.05) is 12.1 Å². The Morgan fingerprint density at radius 2 is 1.77 bits per heavy atom. The van der Waals surface area contributed by atoms with Crippen molar-refractivity contribution in [3.05, 3.63) is 59.2 Å². The largest absolute Gasteiger partial charge is 0.493 e. The van der Waals surface area contributed by atoms with Gasteiger partial charge in [0, 0.05) is 31.3 Å². The summed E-state index contributed by atoms with van der Waals surface area (Å²) in [5.41, 5.74) is 1.28. The summed E-state index contributed by atoms with van der Waals surface area (Å²) < 4.78 is 28.9. The molecule has 1 aliphatic heterocycles. The molecule has 1 N–H and O–H groups in total. The highest BCUT2D eigenvalue weighted by atomic mass is 32.2. The van der Waals surface area contributed by atoms with Gasteiger partial charge in [0.05, 0.1) is 40.9 Å². The predicted molar refractivity (Wildman–Crippen MR) is 115 cm³/mol. The van der Waals surface area contributed by atoms with Gasteiger partial charge in [-0.05, 0) is 61.4 Å². The average molecular weight is 440 g/mol. The number of likely N-dealkylation sites (tertiary alicyclic amines) is 1. The van der Waals surface area contributed by atoms with Gasteiger partial charge in [-0.3, -0.25) is 4.90 Å². The monoisotopic (exact) mass is 439 g/mol. The lowest BCUT2D eigenvalue weighted by molar-refractivity contribution is 0.107. The van der Waals surface area contributed by atoms with Crippen LogP contribution in [0.3, 0.4) is 0 Å². The Labute approximate surface area is 183 Å². The fourth-order valence-electron chi connectivity index (χ4n) is 3.89. The lowest BCUT2D eigenvalue weighted by Gasteiger charge is -2.24. The number of β-amino-alcohol motifs (C(OH)–C–C–N with tert-alkyl or cyclic N) is 1. The summed E-state index contributed by atoms with van der Waals surface area (Å²) >= 11 is 0. The SMILES string of the molecule is C[C@@H]1C[C@H](COc2ccc(S(C)(=O)=O)cc2)CN1C[C@H](O)c1cc(C#N)cc(C#N)c1. The number of aliphatic hydroxyl groups is 1. The summed E-state index contributed by atoms with van der Waals surface area (Å²) in [7, 11) is -3.23. The number of nitrogens with zero attached hydrogens (tertiary/aromatic N) is 3. The molecule has 1 saturated heterocycles. The van der Waals surface area contributed by atoms with Crippen molar-refractivity contribution < 1.29 is 18.3 Å². The van der Waals surface area contributed by atoms with Gasteiger partial charge in [0.25, 0.3) is 0 Å². The molecule has 0 unspecified atom stereocenters. The highest BCUT2D eigenvalue weighted by Gasteiger charge is 2.31. The molecule has 0 spiro atoms. The molecule has 1 fully saturated rings. The highest BCUT2D eigenvalue weighted by molar-refractivity contribution is 7.90. The molecule has 1 heterocycles. The van der Waals surface area contributed by atoms with Gasteiger partial charge in [0.2, 0.25) is 0 Å². The summed E-state index contributed by atoms with van der Waals surface area (Å²) in [6, 6.07) is 15.4. The van der Waals surface area contributed by atoms with Crippen molar-refractivity contribution in [1.29, 1.82) is 10.5 Å². The zero-order valence-electron chi connectivity index (χ0n) is 17.5. The van der Waals surface area contributed by atoms with Crippen molar-refractivity contribution >= 4 is 9.84 Å². The fraction of sp³-hybridized carbons (Fsp3) is 0.391. The topological polar surface area (TPSA) is 114 Å². The van der Waals surface area contributed by atoms with Crippen LogP contribution in [-0.4, -0.2) is 50.4 Å². The van der Waals surface area contributed by atoms with Crippen molar-refractivity contribution in [2.75, 3.05) is 26.0 Å². The van der Waals surface area contributed by atoms with Crippen LogP contribution in [0.4, 0.5) is 0 Å². The van der Waals surface area contributed by atoms with Crippen LogP contribution < -0.4 is 4.74 Å². The lowest BCUT2D eigenvalue weighted by atomic mass is 10.0. The quantitative estimate of drug-likeness (QED) is 0.705. The van der Waals surface area contributed by atoms with Crippen LogP contribution in [0, 0.1) is 28.6 Å². The minimum absolute atomic E-state index is 0.255. The van der Waals surface area contributed by atoms with Gasteiger partial charge in [0.15, 0.2) is 9.84 Å². The van der Waals surface area contributed by atoms with Gasteiger partial charge in [-0.1, -0.05) is 0 Å². The third-order valence-electron chi connectivity index (χ3n) is 5.53. The molecule has 0 bridgehead atoms. The number of benzene rings is 2. The van der Waals surface area contributed by atoms with E-state index in [4.69, 9.17) is 15.3 Å². The molecule has 3 rings (SSSR count). The molecule has 2 aromatic carbocycles. The minimum Gasteiger partial charge on any atom is -0.493 e. The van der Waals surface area contributed by atoms with Gasteiger partial charge >= 0.3 is 0 Å². The molecule has 0 aliphatic carbocycles. The second-order valence-corrected chi connectivity index (χ2v) is 10.1. The van der Waals surface area contributed by atoms with E-state index in [-0.39, 0.29) is 16.9 Å². The molecular formula is C23H25N3O4S. The molecule has 162 valence electrons. The van der Waals surface area contributed by atoms with Gasteiger partial charge in [-0.15, -0.1) is 0 Å². The molecule has 31 heavy (non-hydrogen) atoms. The molecule has 7 nitrogen and oxygen atoms in total. The summed E-state index contributed by atoms with van der Waals surface area (Å²) in [4.78, 5) is 2.44. The number of nitriles is 2. The number of hydrogen-bond donors (Lipinski definition) is 1. The summed E-state index contributed by atoms with van der Waals surface area (Å²) in [6.07, 6.45) is 1.28. The van der Waals surface area contributed by atoms with Crippen molar-refractivity contribution in [3.8, 4) is 17.9 Å². The number of rotatable bonds is 7. The minimum atomic E-state index is -3.23. The molecule has 2 aromatic rings. The zero-order valence-corrected chi connectivity index (χ0v) is 18.3. The number of hydrogen-bond acceptors (Lipinski definition) is 7. The van der Waals surface area contributed by atoms with Crippen LogP contribution in [-0.2, 0) is 9.84 Å². The van der Waals surface area contributed by atoms with E-state index in [0.29, 0.717) is 35.6 Å². The smallest absolute Gasteiger partial charge is 0.175 e. The van der Waals surface area contributed by atoms with E-state index < -0.39 is 15.9 Å². The Bertz CT molecular complexity index is 1080. The molecule has 3 atom stereocenters. The second-order valence-electron chi connectivity index (χ2n) is 8.04. The van der Waals surface area contributed by atoms with Crippen LogP contribution in [0.5, 0.6) is 5.75 Å². The molecule has 0 saturated carbocycles. The van der Waals surface area contributed by atoms with Crippen LogP contribution in [0.1, 0.15) is 36.1 Å². The van der Waals surface area contributed by atoms with Crippen LogP contribution in [0.15, 0.2) is 47.4 Å². The lowest BCUT2D eigenvalue weighted by Crippen LogP contribution is -2.32. The fourth-order valence-corrected chi connectivity index (χ4v) is 4.52. The Hall–Kier alpha value is -2.91. The van der Waals surface area contributed by atoms with Crippen molar-refractivity contribution in [3.63, 3.8) is 0 Å².